The molecule has 1 atom stereocenters. The first-order valence-corrected chi connectivity index (χ1v) is 9.35. The van der Waals surface area contributed by atoms with E-state index in [0.29, 0.717) is 12.3 Å². The number of ether oxygens (including phenoxy) is 1. The number of carbonyl (C=O) groups excluding carboxylic acids is 1. The van der Waals surface area contributed by atoms with Crippen LogP contribution in [0.4, 0.5) is 0 Å². The quantitative estimate of drug-likeness (QED) is 0.821. The molecule has 4 rings (SSSR count). The molecule has 4 heteroatoms. The number of aryl methyl sites for hydroxylation is 1. The van der Waals surface area contributed by atoms with Crippen LogP contribution in [0, 0.1) is 0 Å². The van der Waals surface area contributed by atoms with Gasteiger partial charge in [0, 0.05) is 36.9 Å². The van der Waals surface area contributed by atoms with Crippen LogP contribution in [-0.4, -0.2) is 30.5 Å². The van der Waals surface area contributed by atoms with Crippen molar-refractivity contribution in [2.24, 2.45) is 0 Å². The van der Waals surface area contributed by atoms with Gasteiger partial charge in [0.05, 0.1) is 6.61 Å². The molecule has 2 aliphatic heterocycles. The first-order valence-electron chi connectivity index (χ1n) is 8.97. The minimum atomic E-state index is 0.243. The largest absolute Gasteiger partial charge is 0.493 e. The summed E-state index contributed by atoms with van der Waals surface area (Å²) in [5.41, 5.74) is 3.77. The normalized spacial score (nSPS) is 18.9. The van der Waals surface area contributed by atoms with E-state index in [0.717, 1.165) is 55.3 Å². The van der Waals surface area contributed by atoms with Crippen molar-refractivity contribution in [3.05, 3.63) is 64.2 Å². The molecule has 1 saturated heterocycles. The number of halogens is 1. The average Bonchev–Trinajstić information content (AvgIpc) is 3.28. The van der Waals surface area contributed by atoms with Crippen LogP contribution in [0.5, 0.6) is 5.75 Å². The molecule has 0 aliphatic carbocycles. The zero-order valence-electron chi connectivity index (χ0n) is 14.2. The van der Waals surface area contributed by atoms with E-state index in [1.165, 1.54) is 11.1 Å². The van der Waals surface area contributed by atoms with Gasteiger partial charge in [-0.15, -0.1) is 0 Å². The molecular formula is C21H22ClNO2. The van der Waals surface area contributed by atoms with Crippen molar-refractivity contribution in [1.82, 2.24) is 4.90 Å². The Kier molecular flexibility index (Phi) is 4.67. The number of fused-ring (bicyclic) bond motifs is 1. The number of hydrogen-bond donors (Lipinski definition) is 0. The van der Waals surface area contributed by atoms with E-state index < -0.39 is 0 Å². The maximum atomic E-state index is 12.5. The lowest BCUT2D eigenvalue weighted by atomic mass is 9.96. The Balaban J connectivity index is 1.34. The van der Waals surface area contributed by atoms with Gasteiger partial charge in [0.25, 0.3) is 0 Å². The van der Waals surface area contributed by atoms with Crippen LogP contribution in [0.15, 0.2) is 42.5 Å². The summed E-state index contributed by atoms with van der Waals surface area (Å²) in [5.74, 6) is 1.71. The number of hydrogen-bond acceptors (Lipinski definition) is 2. The molecule has 2 aromatic rings. The Bertz CT molecular complexity index is 789. The standard InChI is InChI=1S/C21H22ClNO2/c22-19-3-1-2-15(12-19)4-7-21(24)23-10-8-18(14-23)16-5-6-20-17(13-16)9-11-25-20/h1-3,5-6,12-13,18H,4,7-11,14H2/t18-/m1/s1. The lowest BCUT2D eigenvalue weighted by Crippen LogP contribution is -2.28. The summed E-state index contributed by atoms with van der Waals surface area (Å²) in [5, 5.41) is 0.728. The number of rotatable bonds is 4. The van der Waals surface area contributed by atoms with Crippen LogP contribution in [0.1, 0.15) is 35.4 Å². The number of amides is 1. The Hall–Kier alpha value is -2.00. The number of carbonyl (C=O) groups is 1. The van der Waals surface area contributed by atoms with Gasteiger partial charge in [0.1, 0.15) is 5.75 Å². The van der Waals surface area contributed by atoms with Gasteiger partial charge < -0.3 is 9.64 Å². The van der Waals surface area contributed by atoms with E-state index in [4.69, 9.17) is 16.3 Å². The van der Waals surface area contributed by atoms with E-state index in [9.17, 15) is 4.79 Å². The molecule has 0 N–H and O–H groups in total. The maximum Gasteiger partial charge on any atom is 0.222 e. The Morgan fingerprint density at radius 2 is 2.16 bits per heavy atom. The Morgan fingerprint density at radius 1 is 1.24 bits per heavy atom. The summed E-state index contributed by atoms with van der Waals surface area (Å²) in [6.45, 7) is 2.47. The second-order valence-corrected chi connectivity index (χ2v) is 7.36. The summed E-state index contributed by atoms with van der Waals surface area (Å²) in [6, 6.07) is 14.3. The molecular weight excluding hydrogens is 334 g/mol. The van der Waals surface area contributed by atoms with Crippen LogP contribution < -0.4 is 4.74 Å². The van der Waals surface area contributed by atoms with E-state index in [1.54, 1.807) is 0 Å². The van der Waals surface area contributed by atoms with Crippen LogP contribution >= 0.6 is 11.6 Å². The van der Waals surface area contributed by atoms with Crippen LogP contribution in [-0.2, 0) is 17.6 Å². The zero-order chi connectivity index (χ0) is 17.2. The Labute approximate surface area is 153 Å². The van der Waals surface area contributed by atoms with E-state index in [-0.39, 0.29) is 5.91 Å². The van der Waals surface area contributed by atoms with Crippen LogP contribution in [0.25, 0.3) is 0 Å². The third-order valence-corrected chi connectivity index (χ3v) is 5.48. The highest BCUT2D eigenvalue weighted by atomic mass is 35.5. The second kappa shape index (κ2) is 7.09. The number of nitrogens with zero attached hydrogens (tertiary/aromatic N) is 1. The summed E-state index contributed by atoms with van der Waals surface area (Å²) < 4.78 is 5.58. The number of likely N-dealkylation sites (tertiary alicyclic amines) is 1. The summed E-state index contributed by atoms with van der Waals surface area (Å²) in [4.78, 5) is 14.6. The topological polar surface area (TPSA) is 29.5 Å². The van der Waals surface area contributed by atoms with E-state index in [1.807, 2.05) is 29.2 Å². The summed E-state index contributed by atoms with van der Waals surface area (Å²) in [6.07, 6.45) is 3.34. The fraction of sp³-hybridized carbons (Fsp3) is 0.381. The molecule has 0 aromatic heterocycles. The highest BCUT2D eigenvalue weighted by molar-refractivity contribution is 6.30. The molecule has 0 radical (unpaired) electrons. The Morgan fingerprint density at radius 3 is 3.04 bits per heavy atom. The zero-order valence-corrected chi connectivity index (χ0v) is 15.0. The van der Waals surface area contributed by atoms with Crippen molar-refractivity contribution in [2.45, 2.75) is 31.6 Å². The predicted molar refractivity (Wildman–Crippen MR) is 99.4 cm³/mol. The fourth-order valence-electron chi connectivity index (χ4n) is 3.82. The predicted octanol–water partition coefficient (Wildman–Crippen LogP) is 4.22. The molecule has 0 spiro atoms. The van der Waals surface area contributed by atoms with Gasteiger partial charge in [-0.05, 0) is 47.7 Å². The van der Waals surface area contributed by atoms with Gasteiger partial charge in [0.15, 0.2) is 0 Å². The highest BCUT2D eigenvalue weighted by Gasteiger charge is 2.28. The minimum absolute atomic E-state index is 0.243. The summed E-state index contributed by atoms with van der Waals surface area (Å²) in [7, 11) is 0. The molecule has 2 aliphatic rings. The number of benzene rings is 2. The lowest BCUT2D eigenvalue weighted by molar-refractivity contribution is -0.130. The smallest absolute Gasteiger partial charge is 0.222 e. The first kappa shape index (κ1) is 16.5. The third-order valence-electron chi connectivity index (χ3n) is 5.24. The average molecular weight is 356 g/mol. The molecule has 2 heterocycles. The SMILES string of the molecule is O=C(CCc1cccc(Cl)c1)N1CC[C@@H](c2ccc3c(c2)CCO3)C1. The highest BCUT2D eigenvalue weighted by Crippen LogP contribution is 2.33. The van der Waals surface area contributed by atoms with Gasteiger partial charge in [0.2, 0.25) is 5.91 Å². The minimum Gasteiger partial charge on any atom is -0.493 e. The van der Waals surface area contributed by atoms with Crippen molar-refractivity contribution >= 4 is 17.5 Å². The van der Waals surface area contributed by atoms with E-state index >= 15 is 0 Å². The van der Waals surface area contributed by atoms with Crippen LogP contribution in [0.2, 0.25) is 5.02 Å². The molecule has 25 heavy (non-hydrogen) atoms. The molecule has 0 saturated carbocycles. The van der Waals surface area contributed by atoms with Crippen molar-refractivity contribution < 1.29 is 9.53 Å². The maximum absolute atomic E-state index is 12.5. The third kappa shape index (κ3) is 3.67. The van der Waals surface area contributed by atoms with Gasteiger partial charge >= 0.3 is 0 Å². The monoisotopic (exact) mass is 355 g/mol. The molecule has 130 valence electrons. The molecule has 2 aromatic carbocycles. The molecule has 1 fully saturated rings. The molecule has 0 bridgehead atoms. The van der Waals surface area contributed by atoms with Gasteiger partial charge in [-0.3, -0.25) is 4.79 Å². The van der Waals surface area contributed by atoms with E-state index in [2.05, 4.69) is 18.2 Å². The van der Waals surface area contributed by atoms with Crippen molar-refractivity contribution in [2.75, 3.05) is 19.7 Å². The van der Waals surface area contributed by atoms with Gasteiger partial charge in [-0.1, -0.05) is 35.9 Å². The lowest BCUT2D eigenvalue weighted by Gasteiger charge is -2.17. The van der Waals surface area contributed by atoms with Crippen molar-refractivity contribution in [3.63, 3.8) is 0 Å². The first-order chi connectivity index (χ1) is 12.2. The fourth-order valence-corrected chi connectivity index (χ4v) is 4.03. The molecule has 0 unspecified atom stereocenters. The second-order valence-electron chi connectivity index (χ2n) is 6.92. The van der Waals surface area contributed by atoms with Crippen molar-refractivity contribution in [1.29, 1.82) is 0 Å². The molecule has 3 nitrogen and oxygen atoms in total. The van der Waals surface area contributed by atoms with Gasteiger partial charge in [-0.25, -0.2) is 0 Å². The molecule has 1 amide bonds. The van der Waals surface area contributed by atoms with Gasteiger partial charge in [-0.2, -0.15) is 0 Å². The summed E-state index contributed by atoms with van der Waals surface area (Å²) >= 11 is 6.01. The van der Waals surface area contributed by atoms with Crippen molar-refractivity contribution in [3.8, 4) is 5.75 Å². The van der Waals surface area contributed by atoms with Crippen LogP contribution in [0.3, 0.4) is 0 Å².